The van der Waals surface area contributed by atoms with Crippen LogP contribution in [-0.2, 0) is 0 Å². The molecule has 0 N–H and O–H groups in total. The molecule has 1 heterocycles. The molecule has 0 amide bonds. The first-order valence-corrected chi connectivity index (χ1v) is 7.38. The van der Waals surface area contributed by atoms with E-state index in [4.69, 9.17) is 0 Å². The van der Waals surface area contributed by atoms with E-state index in [2.05, 4.69) is 47.8 Å². The van der Waals surface area contributed by atoms with Gasteiger partial charge in [0.05, 0.1) is 4.21 Å². The summed E-state index contributed by atoms with van der Waals surface area (Å²) >= 11 is 3.74. The third-order valence-corrected chi connectivity index (χ3v) is 5.86. The van der Waals surface area contributed by atoms with Gasteiger partial charge >= 0.3 is 0 Å². The zero-order valence-corrected chi connectivity index (χ0v) is 9.57. The van der Waals surface area contributed by atoms with Gasteiger partial charge in [0, 0.05) is 0 Å². The van der Waals surface area contributed by atoms with Gasteiger partial charge < -0.3 is 0 Å². The molecule has 0 saturated heterocycles. The van der Waals surface area contributed by atoms with Crippen LogP contribution in [0.2, 0.25) is 0 Å². The van der Waals surface area contributed by atoms with E-state index in [1.165, 1.54) is 9.51 Å². The first kappa shape index (κ1) is 9.26. The van der Waals surface area contributed by atoms with Crippen LogP contribution >= 0.6 is 30.5 Å². The summed E-state index contributed by atoms with van der Waals surface area (Å²) in [6.07, 6.45) is 0. The molecule has 0 bridgehead atoms. The Morgan fingerprint density at radius 2 is 1.85 bits per heavy atom. The van der Waals surface area contributed by atoms with Crippen LogP contribution in [0.3, 0.4) is 0 Å². The van der Waals surface area contributed by atoms with Crippen molar-refractivity contribution in [3.8, 4) is 0 Å². The molecule has 0 nitrogen and oxygen atoms in total. The van der Waals surface area contributed by atoms with Crippen molar-refractivity contribution in [3.63, 3.8) is 0 Å². The number of hydrogen-bond acceptors (Lipinski definition) is 2. The zero-order chi connectivity index (χ0) is 8.93. The van der Waals surface area contributed by atoms with E-state index in [1.807, 2.05) is 22.7 Å². The summed E-state index contributed by atoms with van der Waals surface area (Å²) in [5.41, 5.74) is 0. The third kappa shape index (κ3) is 2.84. The van der Waals surface area contributed by atoms with Gasteiger partial charge in [0.15, 0.2) is 0 Å². The van der Waals surface area contributed by atoms with Crippen molar-refractivity contribution in [1.82, 2.24) is 0 Å². The van der Waals surface area contributed by atoms with Gasteiger partial charge in [-0.05, 0) is 24.5 Å². The topological polar surface area (TPSA) is 0 Å². The Balaban J connectivity index is 1.94. The highest BCUT2D eigenvalue weighted by atomic mass is 32.7. The van der Waals surface area contributed by atoms with Gasteiger partial charge in [-0.1, -0.05) is 47.8 Å². The van der Waals surface area contributed by atoms with E-state index in [0.29, 0.717) is 0 Å². The maximum absolute atomic E-state index is 2.18. The third-order valence-electron chi connectivity index (χ3n) is 1.54. The Kier molecular flexibility index (Phi) is 3.42. The molecule has 0 saturated carbocycles. The van der Waals surface area contributed by atoms with E-state index in [-0.39, 0.29) is 0 Å². The summed E-state index contributed by atoms with van der Waals surface area (Å²) in [6, 6.07) is 14.9. The van der Waals surface area contributed by atoms with Gasteiger partial charge in [0.1, 0.15) is 0 Å². The van der Waals surface area contributed by atoms with E-state index >= 15 is 0 Å². The lowest BCUT2D eigenvalue weighted by Crippen LogP contribution is -1.87. The van der Waals surface area contributed by atoms with Crippen molar-refractivity contribution in [2.24, 2.45) is 0 Å². The van der Waals surface area contributed by atoms with Gasteiger partial charge in [-0.25, -0.2) is 0 Å². The molecule has 0 aliphatic heterocycles. The lowest BCUT2D eigenvalue weighted by Gasteiger charge is -1.97. The summed E-state index contributed by atoms with van der Waals surface area (Å²) in [5.74, 6) is 0. The molecule has 1 unspecified atom stereocenters. The normalized spacial score (nSPS) is 11.1. The van der Waals surface area contributed by atoms with E-state index in [9.17, 15) is 0 Å². The molecule has 0 aliphatic rings. The second-order valence-electron chi connectivity index (χ2n) is 2.50. The van der Waals surface area contributed by atoms with Crippen molar-refractivity contribution < 1.29 is 0 Å². The molecule has 3 heteroatoms. The van der Waals surface area contributed by atoms with Crippen LogP contribution in [-0.4, -0.2) is 0 Å². The van der Waals surface area contributed by atoms with Crippen LogP contribution in [0.1, 0.15) is 0 Å². The Morgan fingerprint density at radius 3 is 2.54 bits per heavy atom. The molecule has 0 radical (unpaired) electrons. The molecule has 1 atom stereocenters. The Bertz CT molecular complexity index is 342. The van der Waals surface area contributed by atoms with Gasteiger partial charge in [-0.3, -0.25) is 0 Å². The van der Waals surface area contributed by atoms with Crippen LogP contribution in [0.15, 0.2) is 52.1 Å². The summed E-state index contributed by atoms with van der Waals surface area (Å²) in [6.45, 7) is 0. The monoisotopic (exact) mass is 224 g/mol. The van der Waals surface area contributed by atoms with Crippen LogP contribution in [0.5, 0.6) is 0 Å². The maximum atomic E-state index is 2.18. The van der Waals surface area contributed by atoms with Gasteiger partial charge in [-0.2, -0.15) is 0 Å². The van der Waals surface area contributed by atoms with E-state index in [0.717, 1.165) is 7.78 Å². The standard InChI is InChI=1S/C10H9PS2/c1-2-5-9(6-3-1)11-13-10-7-4-8-12-10/h1-8,11H. The van der Waals surface area contributed by atoms with Crippen LogP contribution in [0, 0.1) is 0 Å². The summed E-state index contributed by atoms with van der Waals surface area (Å²) in [4.78, 5) is 0. The largest absolute Gasteiger partial charge is 0.137 e. The second-order valence-corrected chi connectivity index (χ2v) is 6.36. The highest BCUT2D eigenvalue weighted by Gasteiger charge is 1.95. The van der Waals surface area contributed by atoms with E-state index < -0.39 is 0 Å². The predicted octanol–water partition coefficient (Wildman–Crippen LogP) is 3.76. The lowest BCUT2D eigenvalue weighted by molar-refractivity contribution is 1.76. The molecular formula is C10H9PS2. The zero-order valence-electron chi connectivity index (χ0n) is 6.94. The Morgan fingerprint density at radius 1 is 1.00 bits per heavy atom. The average molecular weight is 224 g/mol. The Hall–Kier alpha value is -0.300. The quantitative estimate of drug-likeness (QED) is 0.715. The summed E-state index contributed by atoms with van der Waals surface area (Å²) in [5, 5.41) is 3.54. The minimum absolute atomic E-state index is 0.826. The fourth-order valence-electron chi connectivity index (χ4n) is 0.937. The first-order chi connectivity index (χ1) is 6.45. The van der Waals surface area contributed by atoms with Gasteiger partial charge in [0.2, 0.25) is 0 Å². The molecule has 2 rings (SSSR count). The van der Waals surface area contributed by atoms with Crippen molar-refractivity contribution in [2.75, 3.05) is 0 Å². The fraction of sp³-hybridized carbons (Fsp3) is 0. The molecule has 0 aliphatic carbocycles. The van der Waals surface area contributed by atoms with Crippen molar-refractivity contribution in [2.45, 2.75) is 4.21 Å². The highest BCUT2D eigenvalue weighted by molar-refractivity contribution is 8.52. The van der Waals surface area contributed by atoms with Crippen LogP contribution in [0.4, 0.5) is 0 Å². The molecule has 66 valence electrons. The summed E-state index contributed by atoms with van der Waals surface area (Å²) < 4.78 is 1.40. The molecule has 0 fully saturated rings. The molecule has 1 aromatic carbocycles. The van der Waals surface area contributed by atoms with E-state index in [1.54, 1.807) is 0 Å². The SMILES string of the molecule is c1ccc(PSc2cccs2)cc1. The number of thiophene rings is 1. The first-order valence-electron chi connectivity index (χ1n) is 3.96. The van der Waals surface area contributed by atoms with Crippen molar-refractivity contribution >= 4 is 35.8 Å². The van der Waals surface area contributed by atoms with Gasteiger partial charge in [0.25, 0.3) is 0 Å². The summed E-state index contributed by atoms with van der Waals surface area (Å²) in [7, 11) is 0.826. The molecule has 1 aromatic heterocycles. The predicted molar refractivity (Wildman–Crippen MR) is 64.6 cm³/mol. The molecule has 13 heavy (non-hydrogen) atoms. The number of hydrogen-bond donors (Lipinski definition) is 0. The lowest BCUT2D eigenvalue weighted by atomic mass is 10.4. The maximum Gasteiger partial charge on any atom is 0.0640 e. The minimum atomic E-state index is 0.826. The second kappa shape index (κ2) is 4.80. The molecular weight excluding hydrogens is 215 g/mol. The number of rotatable bonds is 3. The van der Waals surface area contributed by atoms with Gasteiger partial charge in [-0.15, -0.1) is 11.3 Å². The molecule has 2 aromatic rings. The van der Waals surface area contributed by atoms with Crippen LogP contribution < -0.4 is 5.30 Å². The smallest absolute Gasteiger partial charge is 0.0640 e. The fourth-order valence-corrected chi connectivity index (χ4v) is 4.51. The van der Waals surface area contributed by atoms with Crippen molar-refractivity contribution in [3.05, 3.63) is 47.8 Å². The Labute approximate surface area is 87.9 Å². The van der Waals surface area contributed by atoms with Crippen LogP contribution in [0.25, 0.3) is 0 Å². The molecule has 0 spiro atoms. The highest BCUT2D eigenvalue weighted by Crippen LogP contribution is 2.38. The van der Waals surface area contributed by atoms with Crippen molar-refractivity contribution in [1.29, 1.82) is 0 Å². The average Bonchev–Trinajstić information content (AvgIpc) is 2.69. The minimum Gasteiger partial charge on any atom is -0.137 e. The number of benzene rings is 1.